The summed E-state index contributed by atoms with van der Waals surface area (Å²) in [5, 5.41) is 11.7. The smallest absolute Gasteiger partial charge is 0.338 e. The minimum absolute atomic E-state index is 0.154. The van der Waals surface area contributed by atoms with E-state index in [2.05, 4.69) is 20.5 Å². The van der Waals surface area contributed by atoms with Gasteiger partial charge in [-0.25, -0.2) is 0 Å². The first-order valence-electron chi connectivity index (χ1n) is 9.88. The number of fused-ring (bicyclic) bond motifs is 3. The fourth-order valence-electron chi connectivity index (χ4n) is 3.36. The molecule has 7 nitrogen and oxygen atoms in total. The van der Waals surface area contributed by atoms with E-state index in [1.54, 1.807) is 0 Å². The Morgan fingerprint density at radius 3 is 2.48 bits per heavy atom. The SMILES string of the molecule is COc1nnc2c(n1)OC(c1ccc(OCc3ccccc3)cc1)Nc1ccccc1-2. The standard InChI is InChI=1S/C24H20N4O3/c1-29-24-26-23-21(27-28-24)19-9-5-6-10-20(19)25-22(31-23)17-11-13-18(14-12-17)30-15-16-7-3-2-4-8-16/h2-14,22,25H,15H2,1H3. The van der Waals surface area contributed by atoms with Crippen LogP contribution in [0.5, 0.6) is 17.6 Å². The Bertz CT molecular complexity index is 1180. The summed E-state index contributed by atoms with van der Waals surface area (Å²) in [4.78, 5) is 4.36. The molecule has 1 unspecified atom stereocenters. The zero-order valence-electron chi connectivity index (χ0n) is 16.9. The summed E-state index contributed by atoms with van der Waals surface area (Å²) >= 11 is 0. The Kier molecular flexibility index (Phi) is 5.06. The molecule has 1 atom stereocenters. The monoisotopic (exact) mass is 412 g/mol. The number of aromatic nitrogens is 3. The number of hydrogen-bond acceptors (Lipinski definition) is 7. The van der Waals surface area contributed by atoms with Gasteiger partial charge in [-0.05, 0) is 35.9 Å². The lowest BCUT2D eigenvalue weighted by Gasteiger charge is -2.19. The lowest BCUT2D eigenvalue weighted by molar-refractivity contribution is 0.222. The van der Waals surface area contributed by atoms with E-state index in [0.717, 1.165) is 28.1 Å². The highest BCUT2D eigenvalue weighted by molar-refractivity contribution is 5.79. The molecule has 31 heavy (non-hydrogen) atoms. The zero-order valence-corrected chi connectivity index (χ0v) is 16.9. The van der Waals surface area contributed by atoms with Crippen LogP contribution >= 0.6 is 0 Å². The Labute approximate surface area is 179 Å². The van der Waals surface area contributed by atoms with Gasteiger partial charge in [-0.1, -0.05) is 53.6 Å². The van der Waals surface area contributed by atoms with Crippen molar-refractivity contribution >= 4 is 5.69 Å². The number of benzene rings is 3. The molecule has 1 aromatic heterocycles. The topological polar surface area (TPSA) is 78.4 Å². The summed E-state index contributed by atoms with van der Waals surface area (Å²) in [6, 6.07) is 25.8. The molecular weight excluding hydrogens is 392 g/mol. The molecule has 1 aliphatic heterocycles. The third-order valence-corrected chi connectivity index (χ3v) is 4.95. The van der Waals surface area contributed by atoms with E-state index in [1.165, 1.54) is 7.11 Å². The van der Waals surface area contributed by atoms with Crippen molar-refractivity contribution < 1.29 is 14.2 Å². The van der Waals surface area contributed by atoms with E-state index >= 15 is 0 Å². The quantitative estimate of drug-likeness (QED) is 0.512. The lowest BCUT2D eigenvalue weighted by Crippen LogP contribution is -2.17. The molecule has 0 bridgehead atoms. The maximum Gasteiger partial charge on any atom is 0.338 e. The van der Waals surface area contributed by atoms with Crippen LogP contribution in [0.2, 0.25) is 0 Å². The van der Waals surface area contributed by atoms with Gasteiger partial charge in [0, 0.05) is 16.8 Å². The number of para-hydroxylation sites is 1. The van der Waals surface area contributed by atoms with Gasteiger partial charge in [0.05, 0.1) is 7.11 Å². The van der Waals surface area contributed by atoms with E-state index < -0.39 is 6.23 Å². The summed E-state index contributed by atoms with van der Waals surface area (Å²) in [5.41, 5.74) is 4.36. The van der Waals surface area contributed by atoms with Crippen LogP contribution in [0.3, 0.4) is 0 Å². The van der Waals surface area contributed by atoms with E-state index in [4.69, 9.17) is 14.2 Å². The molecule has 0 saturated heterocycles. The Hall–Kier alpha value is -4.13. The fraction of sp³-hybridized carbons (Fsp3) is 0.125. The van der Waals surface area contributed by atoms with Crippen LogP contribution in [0.25, 0.3) is 11.3 Å². The molecule has 1 N–H and O–H groups in total. The molecule has 7 heteroatoms. The molecular formula is C24H20N4O3. The fourth-order valence-corrected chi connectivity index (χ4v) is 3.36. The zero-order chi connectivity index (χ0) is 21.0. The second-order valence-corrected chi connectivity index (χ2v) is 6.98. The molecule has 2 heterocycles. The van der Waals surface area contributed by atoms with Gasteiger partial charge in [0.2, 0.25) is 5.88 Å². The van der Waals surface area contributed by atoms with Gasteiger partial charge in [0.1, 0.15) is 12.4 Å². The van der Waals surface area contributed by atoms with Crippen molar-refractivity contribution in [2.75, 3.05) is 12.4 Å². The number of anilines is 1. The van der Waals surface area contributed by atoms with Crippen molar-refractivity contribution in [2.24, 2.45) is 0 Å². The maximum absolute atomic E-state index is 6.19. The molecule has 0 spiro atoms. The Balaban J connectivity index is 1.41. The summed E-state index contributed by atoms with van der Waals surface area (Å²) in [6.07, 6.45) is -0.466. The van der Waals surface area contributed by atoms with Crippen LogP contribution in [0, 0.1) is 0 Å². The molecule has 154 valence electrons. The molecule has 3 aromatic carbocycles. The predicted molar refractivity (Wildman–Crippen MR) is 116 cm³/mol. The predicted octanol–water partition coefficient (Wildman–Crippen LogP) is 4.63. The second kappa shape index (κ2) is 8.31. The maximum atomic E-state index is 6.19. The van der Waals surface area contributed by atoms with Crippen molar-refractivity contribution in [3.05, 3.63) is 90.0 Å². The highest BCUT2D eigenvalue weighted by atomic mass is 16.5. The average Bonchev–Trinajstić information content (AvgIpc) is 3.00. The largest absolute Gasteiger partial charge is 0.489 e. The van der Waals surface area contributed by atoms with Gasteiger partial charge in [0.15, 0.2) is 11.9 Å². The van der Waals surface area contributed by atoms with Crippen LogP contribution in [0.4, 0.5) is 5.69 Å². The first-order chi connectivity index (χ1) is 15.3. The molecule has 5 rings (SSSR count). The number of nitrogens with one attached hydrogen (secondary N) is 1. The van der Waals surface area contributed by atoms with Gasteiger partial charge in [0.25, 0.3) is 0 Å². The highest BCUT2D eigenvalue weighted by Gasteiger charge is 2.26. The molecule has 0 amide bonds. The summed E-state index contributed by atoms with van der Waals surface area (Å²) in [6.45, 7) is 0.515. The summed E-state index contributed by atoms with van der Waals surface area (Å²) < 4.78 is 17.2. The van der Waals surface area contributed by atoms with E-state index in [9.17, 15) is 0 Å². The van der Waals surface area contributed by atoms with Crippen LogP contribution in [-0.4, -0.2) is 22.3 Å². The molecule has 1 aliphatic rings. The number of nitrogens with zero attached hydrogens (tertiary/aromatic N) is 3. The van der Waals surface area contributed by atoms with Gasteiger partial charge in [-0.15, -0.1) is 5.10 Å². The highest BCUT2D eigenvalue weighted by Crippen LogP contribution is 2.39. The van der Waals surface area contributed by atoms with Crippen molar-refractivity contribution in [1.29, 1.82) is 0 Å². The number of methoxy groups -OCH3 is 1. The number of rotatable bonds is 5. The van der Waals surface area contributed by atoms with Gasteiger partial charge in [-0.3, -0.25) is 0 Å². The van der Waals surface area contributed by atoms with Gasteiger partial charge >= 0.3 is 6.01 Å². The summed E-state index contributed by atoms with van der Waals surface area (Å²) in [5.74, 6) is 1.14. The lowest BCUT2D eigenvalue weighted by atomic mass is 10.1. The van der Waals surface area contributed by atoms with Crippen molar-refractivity contribution in [1.82, 2.24) is 15.2 Å². The molecule has 0 radical (unpaired) electrons. The van der Waals surface area contributed by atoms with E-state index in [0.29, 0.717) is 18.2 Å². The van der Waals surface area contributed by atoms with Crippen molar-refractivity contribution in [3.8, 4) is 28.9 Å². The molecule has 0 saturated carbocycles. The number of ether oxygens (including phenoxy) is 3. The van der Waals surface area contributed by atoms with Crippen LogP contribution in [0.1, 0.15) is 17.4 Å². The third-order valence-electron chi connectivity index (χ3n) is 4.95. The minimum Gasteiger partial charge on any atom is -0.489 e. The first-order valence-corrected chi connectivity index (χ1v) is 9.88. The Morgan fingerprint density at radius 1 is 0.903 bits per heavy atom. The first kappa shape index (κ1) is 18.9. The minimum atomic E-state index is -0.466. The average molecular weight is 412 g/mol. The van der Waals surface area contributed by atoms with Crippen LogP contribution in [-0.2, 0) is 6.61 Å². The van der Waals surface area contributed by atoms with Gasteiger partial charge in [-0.2, -0.15) is 4.98 Å². The third kappa shape index (κ3) is 3.98. The van der Waals surface area contributed by atoms with Crippen LogP contribution in [0.15, 0.2) is 78.9 Å². The molecule has 0 fully saturated rings. The second-order valence-electron chi connectivity index (χ2n) is 6.98. The van der Waals surface area contributed by atoms with Crippen molar-refractivity contribution in [3.63, 3.8) is 0 Å². The van der Waals surface area contributed by atoms with E-state index in [1.807, 2.05) is 78.9 Å². The summed E-state index contributed by atoms with van der Waals surface area (Å²) in [7, 11) is 1.50. The van der Waals surface area contributed by atoms with Crippen molar-refractivity contribution in [2.45, 2.75) is 12.8 Å². The van der Waals surface area contributed by atoms with Gasteiger partial charge < -0.3 is 19.5 Å². The van der Waals surface area contributed by atoms with Crippen LogP contribution < -0.4 is 19.5 Å². The normalized spacial score (nSPS) is 14.3. The molecule has 4 aromatic rings. The van der Waals surface area contributed by atoms with E-state index in [-0.39, 0.29) is 6.01 Å². The number of hydrogen-bond donors (Lipinski definition) is 1. The molecule has 0 aliphatic carbocycles. The Morgan fingerprint density at radius 2 is 1.68 bits per heavy atom.